The highest BCUT2D eigenvalue weighted by atomic mass is 31.1. The van der Waals surface area contributed by atoms with Crippen LogP contribution in [0.4, 0.5) is 0 Å². The predicted molar refractivity (Wildman–Crippen MR) is 119 cm³/mol. The second-order valence-corrected chi connectivity index (χ2v) is 9.57. The Kier molecular flexibility index (Phi) is 4.89. The van der Waals surface area contributed by atoms with Gasteiger partial charge < -0.3 is 14.2 Å². The summed E-state index contributed by atoms with van der Waals surface area (Å²) in [6, 6.07) is 4.18. The average molecular weight is 406 g/mol. The number of carbonyl (C=O) groups excluding carboxylic acids is 1. The van der Waals surface area contributed by atoms with Crippen LogP contribution >= 0.6 is 8.58 Å². The van der Waals surface area contributed by atoms with E-state index in [0.29, 0.717) is 14.5 Å². The minimum atomic E-state index is 0.0935. The zero-order valence-electron chi connectivity index (χ0n) is 17.0. The molecule has 0 aliphatic carbocycles. The molecule has 2 unspecified atom stereocenters. The number of pyridine rings is 1. The largest absolute Gasteiger partial charge is 0.307 e. The summed E-state index contributed by atoms with van der Waals surface area (Å²) in [4.78, 5) is 22.0. The lowest BCUT2D eigenvalue weighted by atomic mass is 9.88. The van der Waals surface area contributed by atoms with Crippen LogP contribution in [0.15, 0.2) is 54.5 Å². The number of carbonyl (C=O) groups is 1. The predicted octanol–water partition coefficient (Wildman–Crippen LogP) is 4.02. The highest BCUT2D eigenvalue weighted by Gasteiger charge is 2.30. The molecule has 2 aromatic heterocycles. The molecular formula is C23H27N4OP. The van der Waals surface area contributed by atoms with Crippen molar-refractivity contribution >= 4 is 25.4 Å². The molecule has 0 aromatic carbocycles. The molecular weight excluding hydrogens is 379 g/mol. The van der Waals surface area contributed by atoms with Crippen LogP contribution in [0.3, 0.4) is 0 Å². The number of piperidine rings is 1. The number of imidazole rings is 1. The fraction of sp³-hybridized carbons (Fsp3) is 0.391. The third-order valence-electron chi connectivity index (χ3n) is 6.28. The zero-order valence-corrected chi connectivity index (χ0v) is 18.0. The summed E-state index contributed by atoms with van der Waals surface area (Å²) in [5.41, 5.74) is 4.35. The molecule has 5 rings (SSSR count). The van der Waals surface area contributed by atoms with E-state index in [1.54, 1.807) is 0 Å². The van der Waals surface area contributed by atoms with Gasteiger partial charge in [-0.3, -0.25) is 4.79 Å². The van der Waals surface area contributed by atoms with Gasteiger partial charge in [0.1, 0.15) is 5.65 Å². The van der Waals surface area contributed by atoms with Gasteiger partial charge in [-0.05, 0) is 73.9 Å². The number of likely N-dealkylation sites (tertiary alicyclic amines) is 1. The number of nitrogens with zero attached hydrogens (tertiary/aromatic N) is 4. The summed E-state index contributed by atoms with van der Waals surface area (Å²) in [6.45, 7) is 7.68. The van der Waals surface area contributed by atoms with Gasteiger partial charge >= 0.3 is 0 Å². The van der Waals surface area contributed by atoms with Crippen molar-refractivity contribution in [2.75, 3.05) is 19.6 Å². The second kappa shape index (κ2) is 7.55. The van der Waals surface area contributed by atoms with Crippen LogP contribution in [0.25, 0.3) is 11.0 Å². The molecule has 2 atom stereocenters. The standard InChI is InChI=1S/C23H27N4OP/c1-3-25-9-6-17(7-10-25)19-4-5-23-27(15-19)22(28)13-20(29-23)18-8-11-26-14-16(2)24-21(26)12-18/h4-5,8,11-15,17,23,29H,3,6-7,9-10H2,1-2H3. The van der Waals surface area contributed by atoms with Crippen LogP contribution < -0.4 is 0 Å². The Hall–Kier alpha value is -2.23. The molecule has 150 valence electrons. The normalized spacial score (nSPS) is 24.1. The lowest BCUT2D eigenvalue weighted by molar-refractivity contribution is -0.123. The van der Waals surface area contributed by atoms with Crippen molar-refractivity contribution in [3.05, 3.63) is 65.8 Å². The Morgan fingerprint density at radius 3 is 2.90 bits per heavy atom. The first kappa shape index (κ1) is 18.8. The van der Waals surface area contributed by atoms with Gasteiger partial charge in [-0.1, -0.05) is 27.7 Å². The molecule has 0 bridgehead atoms. The first-order valence-corrected chi connectivity index (χ1v) is 11.6. The molecule has 3 aliphatic rings. The smallest absolute Gasteiger partial charge is 0.252 e. The van der Waals surface area contributed by atoms with Gasteiger partial charge in [0.05, 0.1) is 11.5 Å². The summed E-state index contributed by atoms with van der Waals surface area (Å²) in [5.74, 6) is 0.804. The molecule has 5 nitrogen and oxygen atoms in total. The van der Waals surface area contributed by atoms with Crippen LogP contribution in [0.1, 0.15) is 31.0 Å². The third kappa shape index (κ3) is 3.58. The minimum Gasteiger partial charge on any atom is -0.307 e. The van der Waals surface area contributed by atoms with E-state index in [1.807, 2.05) is 34.7 Å². The molecule has 1 amide bonds. The van der Waals surface area contributed by atoms with E-state index in [2.05, 4.69) is 47.3 Å². The van der Waals surface area contributed by atoms with Crippen molar-refractivity contribution in [3.63, 3.8) is 0 Å². The topological polar surface area (TPSA) is 40.9 Å². The fourth-order valence-electron chi connectivity index (χ4n) is 4.56. The summed E-state index contributed by atoms with van der Waals surface area (Å²) < 4.78 is 2.03. The number of rotatable bonds is 3. The number of aromatic nitrogens is 2. The Morgan fingerprint density at radius 1 is 1.28 bits per heavy atom. The number of hydrogen-bond acceptors (Lipinski definition) is 3. The zero-order chi connectivity index (χ0) is 20.0. The second-order valence-electron chi connectivity index (χ2n) is 8.15. The highest BCUT2D eigenvalue weighted by Crippen LogP contribution is 2.45. The molecule has 1 fully saturated rings. The van der Waals surface area contributed by atoms with E-state index >= 15 is 0 Å². The Morgan fingerprint density at radius 2 is 2.10 bits per heavy atom. The SMILES string of the molecule is CCN1CCC(C2=CN3C(=O)C=C(c4ccn5cc(C)nc5c4)PC3C=C2)CC1. The van der Waals surface area contributed by atoms with Gasteiger partial charge in [0.15, 0.2) is 0 Å². The molecule has 2 aromatic rings. The number of hydrogen-bond donors (Lipinski definition) is 0. The van der Waals surface area contributed by atoms with Crippen LogP contribution in [0.5, 0.6) is 0 Å². The Bertz CT molecular complexity index is 1040. The molecule has 0 spiro atoms. The van der Waals surface area contributed by atoms with Gasteiger partial charge in [-0.15, -0.1) is 0 Å². The monoisotopic (exact) mass is 406 g/mol. The number of amides is 1. The van der Waals surface area contributed by atoms with Gasteiger partial charge in [0.2, 0.25) is 0 Å². The van der Waals surface area contributed by atoms with Gasteiger partial charge in [0, 0.05) is 24.7 Å². The van der Waals surface area contributed by atoms with Crippen LogP contribution in [0, 0.1) is 12.8 Å². The molecule has 3 aliphatic heterocycles. The molecule has 5 heterocycles. The maximum Gasteiger partial charge on any atom is 0.252 e. The summed E-state index contributed by atoms with van der Waals surface area (Å²) >= 11 is 0. The van der Waals surface area contributed by atoms with Crippen LogP contribution in [-0.4, -0.2) is 50.5 Å². The minimum absolute atomic E-state index is 0.0935. The summed E-state index contributed by atoms with van der Waals surface area (Å²) in [7, 11) is 0.548. The van der Waals surface area contributed by atoms with Crippen molar-refractivity contribution in [2.45, 2.75) is 32.5 Å². The van der Waals surface area contributed by atoms with E-state index in [-0.39, 0.29) is 11.7 Å². The Balaban J connectivity index is 1.37. The molecule has 0 saturated carbocycles. The summed E-state index contributed by atoms with van der Waals surface area (Å²) in [5, 5.41) is 1.12. The van der Waals surface area contributed by atoms with Crippen molar-refractivity contribution in [3.8, 4) is 0 Å². The molecule has 29 heavy (non-hydrogen) atoms. The van der Waals surface area contributed by atoms with Crippen molar-refractivity contribution in [1.29, 1.82) is 0 Å². The van der Waals surface area contributed by atoms with E-state index < -0.39 is 0 Å². The van der Waals surface area contributed by atoms with E-state index in [0.717, 1.165) is 41.9 Å². The van der Waals surface area contributed by atoms with E-state index in [9.17, 15) is 4.79 Å². The molecule has 6 heteroatoms. The first-order chi connectivity index (χ1) is 14.1. The summed E-state index contributed by atoms with van der Waals surface area (Å²) in [6.07, 6.45) is 14.9. The lowest BCUT2D eigenvalue weighted by Crippen LogP contribution is -2.38. The number of aryl methyl sites for hydroxylation is 1. The van der Waals surface area contributed by atoms with E-state index in [4.69, 9.17) is 0 Å². The molecule has 0 N–H and O–H groups in total. The van der Waals surface area contributed by atoms with Crippen LogP contribution in [0.2, 0.25) is 0 Å². The lowest BCUT2D eigenvalue weighted by Gasteiger charge is -2.37. The van der Waals surface area contributed by atoms with Crippen molar-refractivity contribution in [1.82, 2.24) is 19.2 Å². The Labute approximate surface area is 173 Å². The molecule has 0 radical (unpaired) electrons. The third-order valence-corrected chi connectivity index (χ3v) is 7.79. The average Bonchev–Trinajstić information content (AvgIpc) is 3.12. The maximum atomic E-state index is 13.0. The maximum absolute atomic E-state index is 13.0. The highest BCUT2D eigenvalue weighted by molar-refractivity contribution is 7.51. The fourth-order valence-corrected chi connectivity index (χ4v) is 5.94. The quantitative estimate of drug-likeness (QED) is 0.723. The molecule has 1 saturated heterocycles. The number of fused-ring (bicyclic) bond motifs is 2. The number of allylic oxidation sites excluding steroid dienone is 2. The van der Waals surface area contributed by atoms with Crippen LogP contribution in [-0.2, 0) is 4.79 Å². The van der Waals surface area contributed by atoms with Crippen molar-refractivity contribution < 1.29 is 4.79 Å². The van der Waals surface area contributed by atoms with Gasteiger partial charge in [0.25, 0.3) is 5.91 Å². The van der Waals surface area contributed by atoms with Crippen molar-refractivity contribution in [2.24, 2.45) is 5.92 Å². The first-order valence-electron chi connectivity index (χ1n) is 10.5. The van der Waals surface area contributed by atoms with Gasteiger partial charge in [-0.2, -0.15) is 0 Å². The van der Waals surface area contributed by atoms with Gasteiger partial charge in [-0.25, -0.2) is 4.98 Å². The van der Waals surface area contributed by atoms with E-state index in [1.165, 1.54) is 18.4 Å².